The van der Waals surface area contributed by atoms with Gasteiger partial charge in [0.15, 0.2) is 0 Å². The van der Waals surface area contributed by atoms with Crippen LogP contribution in [0.2, 0.25) is 0 Å². The van der Waals surface area contributed by atoms with Crippen LogP contribution in [0.5, 0.6) is 0 Å². The standard InChI is InChI=1S/C12H18N2O/c13-12-3-1-10(2-4-12)7-14-6-5-11(8-14)9-15/h1-4,11,15H,5-9,13H2. The second kappa shape index (κ2) is 4.64. The predicted octanol–water partition coefficient (Wildman–Crippen LogP) is 1.08. The van der Waals surface area contributed by atoms with E-state index in [1.165, 1.54) is 5.56 Å². The summed E-state index contributed by atoms with van der Waals surface area (Å²) in [4.78, 5) is 2.38. The first-order chi connectivity index (χ1) is 7.28. The summed E-state index contributed by atoms with van der Waals surface area (Å²) in [6.45, 7) is 3.39. The number of nitrogen functional groups attached to an aromatic ring is 1. The van der Waals surface area contributed by atoms with Crippen molar-refractivity contribution in [2.45, 2.75) is 13.0 Å². The van der Waals surface area contributed by atoms with E-state index < -0.39 is 0 Å². The molecule has 0 spiro atoms. The largest absolute Gasteiger partial charge is 0.399 e. The van der Waals surface area contributed by atoms with Crippen LogP contribution in [-0.4, -0.2) is 29.7 Å². The van der Waals surface area contributed by atoms with Gasteiger partial charge in [-0.25, -0.2) is 0 Å². The van der Waals surface area contributed by atoms with Gasteiger partial charge in [-0.05, 0) is 36.6 Å². The van der Waals surface area contributed by atoms with Crippen LogP contribution in [0.1, 0.15) is 12.0 Å². The van der Waals surface area contributed by atoms with Crippen molar-refractivity contribution < 1.29 is 5.11 Å². The second-order valence-corrected chi connectivity index (χ2v) is 4.31. The van der Waals surface area contributed by atoms with Gasteiger partial charge in [-0.1, -0.05) is 12.1 Å². The predicted molar refractivity (Wildman–Crippen MR) is 61.3 cm³/mol. The van der Waals surface area contributed by atoms with Crippen LogP contribution in [0, 0.1) is 5.92 Å². The number of nitrogens with zero attached hydrogens (tertiary/aromatic N) is 1. The van der Waals surface area contributed by atoms with Gasteiger partial charge in [-0.15, -0.1) is 0 Å². The molecular weight excluding hydrogens is 188 g/mol. The van der Waals surface area contributed by atoms with E-state index >= 15 is 0 Å². The third-order valence-corrected chi connectivity index (χ3v) is 3.01. The molecule has 3 heteroatoms. The number of benzene rings is 1. The van der Waals surface area contributed by atoms with Gasteiger partial charge in [0.25, 0.3) is 0 Å². The van der Waals surface area contributed by atoms with E-state index in [0.29, 0.717) is 12.5 Å². The number of likely N-dealkylation sites (tertiary alicyclic amines) is 1. The van der Waals surface area contributed by atoms with Gasteiger partial charge in [-0.2, -0.15) is 0 Å². The Morgan fingerprint density at radius 3 is 2.67 bits per heavy atom. The van der Waals surface area contributed by atoms with E-state index in [0.717, 1.165) is 31.7 Å². The van der Waals surface area contributed by atoms with Crippen LogP contribution in [0.3, 0.4) is 0 Å². The van der Waals surface area contributed by atoms with Crippen molar-refractivity contribution >= 4 is 5.69 Å². The highest BCUT2D eigenvalue weighted by atomic mass is 16.3. The number of anilines is 1. The van der Waals surface area contributed by atoms with Gasteiger partial charge in [0, 0.05) is 25.4 Å². The molecule has 1 fully saturated rings. The highest BCUT2D eigenvalue weighted by Gasteiger charge is 2.21. The first kappa shape index (κ1) is 10.5. The fourth-order valence-corrected chi connectivity index (χ4v) is 2.09. The van der Waals surface area contributed by atoms with E-state index in [-0.39, 0.29) is 0 Å². The van der Waals surface area contributed by atoms with E-state index in [2.05, 4.69) is 17.0 Å². The molecule has 3 nitrogen and oxygen atoms in total. The minimum atomic E-state index is 0.318. The second-order valence-electron chi connectivity index (χ2n) is 4.31. The lowest BCUT2D eigenvalue weighted by atomic mass is 10.1. The Morgan fingerprint density at radius 2 is 2.07 bits per heavy atom. The first-order valence-electron chi connectivity index (χ1n) is 5.45. The maximum atomic E-state index is 9.04. The van der Waals surface area contributed by atoms with Crippen molar-refractivity contribution in [3.05, 3.63) is 29.8 Å². The van der Waals surface area contributed by atoms with Gasteiger partial charge in [0.05, 0.1) is 0 Å². The maximum Gasteiger partial charge on any atom is 0.0471 e. The molecule has 0 radical (unpaired) electrons. The molecule has 1 aliphatic heterocycles. The molecule has 1 aromatic carbocycles. The van der Waals surface area contributed by atoms with Gasteiger partial charge in [-0.3, -0.25) is 4.90 Å². The van der Waals surface area contributed by atoms with Crippen LogP contribution in [0.25, 0.3) is 0 Å². The zero-order valence-corrected chi connectivity index (χ0v) is 8.89. The van der Waals surface area contributed by atoms with Crippen LogP contribution in [-0.2, 0) is 6.54 Å². The Hall–Kier alpha value is -1.06. The molecule has 0 bridgehead atoms. The molecule has 1 aromatic rings. The fraction of sp³-hybridized carbons (Fsp3) is 0.500. The Kier molecular flexibility index (Phi) is 3.23. The molecule has 0 saturated carbocycles. The number of rotatable bonds is 3. The Bertz CT molecular complexity index is 310. The fourth-order valence-electron chi connectivity index (χ4n) is 2.09. The van der Waals surface area contributed by atoms with Crippen molar-refractivity contribution in [1.82, 2.24) is 4.90 Å². The molecule has 82 valence electrons. The molecule has 3 N–H and O–H groups in total. The molecular formula is C12H18N2O. The summed E-state index contributed by atoms with van der Waals surface area (Å²) in [6, 6.07) is 8.02. The molecule has 1 saturated heterocycles. The minimum absolute atomic E-state index is 0.318. The minimum Gasteiger partial charge on any atom is -0.399 e. The third-order valence-electron chi connectivity index (χ3n) is 3.01. The lowest BCUT2D eigenvalue weighted by Gasteiger charge is -2.15. The Labute approximate surface area is 90.5 Å². The number of aliphatic hydroxyl groups is 1. The van der Waals surface area contributed by atoms with E-state index in [4.69, 9.17) is 10.8 Å². The molecule has 0 aliphatic carbocycles. The molecule has 0 aromatic heterocycles. The van der Waals surface area contributed by atoms with E-state index in [1.54, 1.807) is 0 Å². The number of hydrogen-bond donors (Lipinski definition) is 2. The topological polar surface area (TPSA) is 49.5 Å². The van der Waals surface area contributed by atoms with Crippen molar-refractivity contribution in [3.8, 4) is 0 Å². The highest BCUT2D eigenvalue weighted by molar-refractivity contribution is 5.39. The summed E-state index contributed by atoms with van der Waals surface area (Å²) in [5.74, 6) is 0.471. The van der Waals surface area contributed by atoms with Crippen LogP contribution < -0.4 is 5.73 Å². The van der Waals surface area contributed by atoms with E-state index in [9.17, 15) is 0 Å². The van der Waals surface area contributed by atoms with Gasteiger partial charge in [0.1, 0.15) is 0 Å². The Balaban J connectivity index is 1.90. The summed E-state index contributed by atoms with van der Waals surface area (Å²) in [7, 11) is 0. The number of nitrogens with two attached hydrogens (primary N) is 1. The summed E-state index contributed by atoms with van der Waals surface area (Å²) in [5.41, 5.74) is 7.74. The molecule has 2 rings (SSSR count). The molecule has 15 heavy (non-hydrogen) atoms. The molecule has 1 heterocycles. The van der Waals surface area contributed by atoms with Crippen molar-refractivity contribution in [2.24, 2.45) is 5.92 Å². The third kappa shape index (κ3) is 2.70. The smallest absolute Gasteiger partial charge is 0.0471 e. The maximum absolute atomic E-state index is 9.04. The molecule has 1 aliphatic rings. The normalized spacial score (nSPS) is 22.1. The molecule has 1 atom stereocenters. The summed E-state index contributed by atoms with van der Waals surface area (Å²) >= 11 is 0. The summed E-state index contributed by atoms with van der Waals surface area (Å²) in [6.07, 6.45) is 1.12. The average Bonchev–Trinajstić information content (AvgIpc) is 2.69. The Morgan fingerprint density at radius 1 is 1.33 bits per heavy atom. The lowest BCUT2D eigenvalue weighted by molar-refractivity contribution is 0.220. The van der Waals surface area contributed by atoms with Crippen LogP contribution >= 0.6 is 0 Å². The molecule has 1 unspecified atom stereocenters. The van der Waals surface area contributed by atoms with Crippen LogP contribution in [0.15, 0.2) is 24.3 Å². The van der Waals surface area contributed by atoms with Crippen molar-refractivity contribution in [1.29, 1.82) is 0 Å². The average molecular weight is 206 g/mol. The zero-order chi connectivity index (χ0) is 10.7. The first-order valence-corrected chi connectivity index (χ1v) is 5.45. The van der Waals surface area contributed by atoms with Crippen LogP contribution in [0.4, 0.5) is 5.69 Å². The van der Waals surface area contributed by atoms with Gasteiger partial charge in [0.2, 0.25) is 0 Å². The molecule has 0 amide bonds. The van der Waals surface area contributed by atoms with E-state index in [1.807, 2.05) is 12.1 Å². The highest BCUT2D eigenvalue weighted by Crippen LogP contribution is 2.18. The summed E-state index contributed by atoms with van der Waals surface area (Å²) in [5, 5.41) is 9.04. The quantitative estimate of drug-likeness (QED) is 0.728. The number of aliphatic hydroxyl groups excluding tert-OH is 1. The zero-order valence-electron chi connectivity index (χ0n) is 8.89. The van der Waals surface area contributed by atoms with Gasteiger partial charge >= 0.3 is 0 Å². The lowest BCUT2D eigenvalue weighted by Crippen LogP contribution is -2.20. The SMILES string of the molecule is Nc1ccc(CN2CCC(CO)C2)cc1. The monoisotopic (exact) mass is 206 g/mol. The number of hydrogen-bond acceptors (Lipinski definition) is 3. The van der Waals surface area contributed by atoms with Crippen molar-refractivity contribution in [2.75, 3.05) is 25.4 Å². The van der Waals surface area contributed by atoms with Crippen molar-refractivity contribution in [3.63, 3.8) is 0 Å². The summed E-state index contributed by atoms with van der Waals surface area (Å²) < 4.78 is 0. The van der Waals surface area contributed by atoms with Gasteiger partial charge < -0.3 is 10.8 Å².